The van der Waals surface area contributed by atoms with Gasteiger partial charge in [-0.1, -0.05) is 0 Å². The zero-order valence-corrected chi connectivity index (χ0v) is 20.6. The molecule has 0 saturated carbocycles. The van der Waals surface area contributed by atoms with Crippen LogP contribution in [0.3, 0.4) is 0 Å². The molecule has 1 saturated heterocycles. The second kappa shape index (κ2) is 8.85. The Balaban J connectivity index is 1.57. The van der Waals surface area contributed by atoms with Crippen molar-refractivity contribution < 1.29 is 4.74 Å². The fourth-order valence-electron chi connectivity index (χ4n) is 4.14. The minimum absolute atomic E-state index is 0.116. The standard InChI is InChI=1S/C23H30N8OS/c1-14(2)31-8-6-17(28-31)19-15(3)18-20(25-12-16-13-29(4)10-11-32-16)26-21(27-23(18)33-19)22-24-7-9-30(22)5/h6-9,14,16H,10-13H2,1-5H3,(H,25,26,27)/t16-/m1/s1. The van der Waals surface area contributed by atoms with E-state index in [1.165, 1.54) is 0 Å². The number of likely N-dealkylation sites (N-methyl/N-ethyl adjacent to an activating group) is 1. The van der Waals surface area contributed by atoms with Gasteiger partial charge in [-0.2, -0.15) is 5.10 Å². The lowest BCUT2D eigenvalue weighted by Crippen LogP contribution is -2.43. The number of rotatable bonds is 6. The molecule has 5 heterocycles. The van der Waals surface area contributed by atoms with Gasteiger partial charge in [-0.3, -0.25) is 4.68 Å². The number of aromatic nitrogens is 6. The summed E-state index contributed by atoms with van der Waals surface area (Å²) in [6.07, 6.45) is 5.83. The van der Waals surface area contributed by atoms with E-state index in [0.717, 1.165) is 57.7 Å². The molecule has 5 rings (SSSR count). The Morgan fingerprint density at radius 3 is 2.79 bits per heavy atom. The van der Waals surface area contributed by atoms with Crippen molar-refractivity contribution in [2.24, 2.45) is 7.05 Å². The van der Waals surface area contributed by atoms with Crippen molar-refractivity contribution in [1.29, 1.82) is 0 Å². The summed E-state index contributed by atoms with van der Waals surface area (Å²) in [5.41, 5.74) is 2.10. The molecule has 4 aromatic rings. The molecule has 0 aromatic carbocycles. The second-order valence-electron chi connectivity index (χ2n) is 8.90. The van der Waals surface area contributed by atoms with E-state index < -0.39 is 0 Å². The first-order valence-corrected chi connectivity index (χ1v) is 12.1. The predicted octanol–water partition coefficient (Wildman–Crippen LogP) is 3.59. The Bertz CT molecular complexity index is 1270. The van der Waals surface area contributed by atoms with Crippen molar-refractivity contribution in [3.8, 4) is 22.2 Å². The molecular weight excluding hydrogens is 436 g/mol. The first-order valence-electron chi connectivity index (χ1n) is 11.3. The number of morpholine rings is 1. The number of ether oxygens (including phenoxy) is 1. The lowest BCUT2D eigenvalue weighted by Gasteiger charge is -2.30. The lowest BCUT2D eigenvalue weighted by atomic mass is 10.1. The van der Waals surface area contributed by atoms with Crippen LogP contribution in [0.5, 0.6) is 0 Å². The van der Waals surface area contributed by atoms with Crippen molar-refractivity contribution in [1.82, 2.24) is 34.2 Å². The highest BCUT2D eigenvalue weighted by Crippen LogP contribution is 2.40. The fraction of sp³-hybridized carbons (Fsp3) is 0.478. The molecule has 1 atom stereocenters. The smallest absolute Gasteiger partial charge is 0.199 e. The Kier molecular flexibility index (Phi) is 5.90. The van der Waals surface area contributed by atoms with E-state index in [1.807, 2.05) is 28.7 Å². The van der Waals surface area contributed by atoms with Crippen LogP contribution in [0.1, 0.15) is 25.5 Å². The Labute approximate surface area is 197 Å². The number of thiophene rings is 1. The number of nitrogens with zero attached hydrogens (tertiary/aromatic N) is 7. The van der Waals surface area contributed by atoms with Gasteiger partial charge in [-0.15, -0.1) is 11.3 Å². The maximum Gasteiger partial charge on any atom is 0.199 e. The summed E-state index contributed by atoms with van der Waals surface area (Å²) >= 11 is 1.65. The van der Waals surface area contributed by atoms with Crippen LogP contribution in [0.15, 0.2) is 24.7 Å². The van der Waals surface area contributed by atoms with Crippen molar-refractivity contribution in [3.63, 3.8) is 0 Å². The van der Waals surface area contributed by atoms with Gasteiger partial charge in [0.25, 0.3) is 0 Å². The summed E-state index contributed by atoms with van der Waals surface area (Å²) in [4.78, 5) is 18.6. The van der Waals surface area contributed by atoms with Gasteiger partial charge in [0.05, 0.1) is 23.0 Å². The number of aryl methyl sites for hydroxylation is 2. The maximum atomic E-state index is 5.96. The minimum atomic E-state index is 0.116. The molecule has 33 heavy (non-hydrogen) atoms. The van der Waals surface area contributed by atoms with Crippen LogP contribution < -0.4 is 5.32 Å². The number of imidazole rings is 1. The molecule has 1 aliphatic rings. The predicted molar refractivity (Wildman–Crippen MR) is 132 cm³/mol. The number of hydrogen-bond acceptors (Lipinski definition) is 8. The third kappa shape index (κ3) is 4.25. The van der Waals surface area contributed by atoms with E-state index in [0.29, 0.717) is 18.4 Å². The van der Waals surface area contributed by atoms with Crippen molar-refractivity contribution in [3.05, 3.63) is 30.2 Å². The van der Waals surface area contributed by atoms with E-state index in [1.54, 1.807) is 17.5 Å². The summed E-state index contributed by atoms with van der Waals surface area (Å²) in [7, 11) is 4.08. The largest absolute Gasteiger partial charge is 0.374 e. The van der Waals surface area contributed by atoms with Gasteiger partial charge in [0.15, 0.2) is 11.6 Å². The fourth-order valence-corrected chi connectivity index (χ4v) is 5.29. The Hall–Kier alpha value is -2.82. The molecule has 1 N–H and O–H groups in total. The van der Waals surface area contributed by atoms with Gasteiger partial charge >= 0.3 is 0 Å². The first-order chi connectivity index (χ1) is 15.9. The Morgan fingerprint density at radius 2 is 2.09 bits per heavy atom. The lowest BCUT2D eigenvalue weighted by molar-refractivity contribution is -0.0117. The summed E-state index contributed by atoms with van der Waals surface area (Å²) in [5, 5.41) is 9.40. The number of anilines is 1. The zero-order valence-electron chi connectivity index (χ0n) is 19.7. The van der Waals surface area contributed by atoms with Crippen LogP contribution in [0.4, 0.5) is 5.82 Å². The Morgan fingerprint density at radius 1 is 1.24 bits per heavy atom. The highest BCUT2D eigenvalue weighted by Gasteiger charge is 2.23. The summed E-state index contributed by atoms with van der Waals surface area (Å²) in [6, 6.07) is 2.39. The summed E-state index contributed by atoms with van der Waals surface area (Å²) in [5.74, 6) is 2.17. The highest BCUT2D eigenvalue weighted by atomic mass is 32.1. The molecule has 174 valence electrons. The topological polar surface area (TPSA) is 85.9 Å². The third-order valence-electron chi connectivity index (χ3n) is 6.02. The molecule has 0 spiro atoms. The van der Waals surface area contributed by atoms with Gasteiger partial charge < -0.3 is 19.5 Å². The van der Waals surface area contributed by atoms with E-state index in [4.69, 9.17) is 19.8 Å². The van der Waals surface area contributed by atoms with E-state index >= 15 is 0 Å². The second-order valence-corrected chi connectivity index (χ2v) is 9.90. The number of hydrogen-bond donors (Lipinski definition) is 1. The SMILES string of the molecule is Cc1c(-c2ccn(C(C)C)n2)sc2nc(-c3nccn3C)nc(NC[C@@H]3CN(C)CCO3)c12. The molecule has 9 nitrogen and oxygen atoms in total. The van der Waals surface area contributed by atoms with Gasteiger partial charge in [0.1, 0.15) is 16.3 Å². The first kappa shape index (κ1) is 22.0. The van der Waals surface area contributed by atoms with Crippen LogP contribution in [-0.2, 0) is 11.8 Å². The van der Waals surface area contributed by atoms with Crippen LogP contribution >= 0.6 is 11.3 Å². The van der Waals surface area contributed by atoms with Crippen molar-refractivity contribution in [2.45, 2.75) is 32.9 Å². The minimum Gasteiger partial charge on any atom is -0.374 e. The normalized spacial score (nSPS) is 17.3. The number of fused-ring (bicyclic) bond motifs is 1. The van der Waals surface area contributed by atoms with Crippen LogP contribution in [0.2, 0.25) is 0 Å². The highest BCUT2D eigenvalue weighted by molar-refractivity contribution is 7.22. The zero-order chi connectivity index (χ0) is 23.1. The van der Waals surface area contributed by atoms with E-state index in [-0.39, 0.29) is 6.10 Å². The average Bonchev–Trinajstić information content (AvgIpc) is 3.51. The molecule has 0 radical (unpaired) electrons. The molecule has 0 bridgehead atoms. The van der Waals surface area contributed by atoms with Gasteiger partial charge in [-0.25, -0.2) is 15.0 Å². The monoisotopic (exact) mass is 466 g/mol. The molecular formula is C23H30N8OS. The molecule has 4 aromatic heterocycles. The number of nitrogens with one attached hydrogen (secondary N) is 1. The van der Waals surface area contributed by atoms with Crippen molar-refractivity contribution in [2.75, 3.05) is 38.6 Å². The molecule has 0 aliphatic carbocycles. The molecule has 1 fully saturated rings. The summed E-state index contributed by atoms with van der Waals surface area (Å²) < 4.78 is 9.89. The quantitative estimate of drug-likeness (QED) is 0.465. The molecule has 0 unspecified atom stereocenters. The van der Waals surface area contributed by atoms with Gasteiger partial charge in [0.2, 0.25) is 0 Å². The maximum absolute atomic E-state index is 5.96. The third-order valence-corrected chi connectivity index (χ3v) is 7.23. The molecule has 1 aliphatic heterocycles. The molecule has 0 amide bonds. The van der Waals surface area contributed by atoms with Gasteiger partial charge in [0, 0.05) is 51.3 Å². The van der Waals surface area contributed by atoms with Crippen LogP contribution in [-0.4, -0.2) is 73.6 Å². The van der Waals surface area contributed by atoms with Crippen LogP contribution in [0.25, 0.3) is 32.4 Å². The van der Waals surface area contributed by atoms with Crippen molar-refractivity contribution >= 4 is 27.4 Å². The van der Waals surface area contributed by atoms with Gasteiger partial charge in [-0.05, 0) is 39.4 Å². The average molecular weight is 467 g/mol. The van der Waals surface area contributed by atoms with E-state index in [2.05, 4.69) is 49.1 Å². The summed E-state index contributed by atoms with van der Waals surface area (Å²) in [6.45, 7) is 9.69. The van der Waals surface area contributed by atoms with Crippen LogP contribution in [0, 0.1) is 6.92 Å². The molecule has 10 heteroatoms. The van der Waals surface area contributed by atoms with E-state index in [9.17, 15) is 0 Å².